The highest BCUT2D eigenvalue weighted by Gasteiger charge is 2.11. The van der Waals surface area contributed by atoms with Crippen molar-refractivity contribution in [3.05, 3.63) is 42.2 Å². The Morgan fingerprint density at radius 3 is 2.48 bits per heavy atom. The van der Waals surface area contributed by atoms with Crippen molar-refractivity contribution in [3.63, 3.8) is 0 Å². The van der Waals surface area contributed by atoms with E-state index in [4.69, 9.17) is 4.74 Å². The molecule has 0 atom stereocenters. The summed E-state index contributed by atoms with van der Waals surface area (Å²) in [5, 5.41) is 3.08. The van der Waals surface area contributed by atoms with E-state index in [9.17, 15) is 4.39 Å². The fraction of sp³-hybridized carbons (Fsp3) is 0.235. The van der Waals surface area contributed by atoms with Crippen LogP contribution in [-0.4, -0.2) is 28.1 Å². The normalized spacial score (nSPS) is 10.7. The molecule has 118 valence electrons. The third-order valence-electron chi connectivity index (χ3n) is 3.27. The van der Waals surface area contributed by atoms with Crippen LogP contribution in [0.1, 0.15) is 13.8 Å². The summed E-state index contributed by atoms with van der Waals surface area (Å²) in [6.07, 6.45) is 0. The van der Waals surface area contributed by atoms with E-state index in [1.54, 1.807) is 12.1 Å². The number of hydrogen-bond donors (Lipinski definition) is 1. The molecular weight excluding hydrogens is 295 g/mol. The first-order chi connectivity index (χ1) is 11.2. The van der Waals surface area contributed by atoms with Crippen LogP contribution in [0.25, 0.3) is 22.3 Å². The van der Waals surface area contributed by atoms with Crippen LogP contribution in [0.2, 0.25) is 0 Å². The van der Waals surface area contributed by atoms with E-state index in [1.165, 1.54) is 12.1 Å². The van der Waals surface area contributed by atoms with Gasteiger partial charge in [0, 0.05) is 12.1 Å². The fourth-order valence-corrected chi connectivity index (χ4v) is 2.24. The smallest absolute Gasteiger partial charge is 0.245 e. The first kappa shape index (κ1) is 15.1. The Labute approximate surface area is 133 Å². The lowest BCUT2D eigenvalue weighted by Gasteiger charge is -2.10. The first-order valence-electron chi connectivity index (χ1n) is 7.52. The van der Waals surface area contributed by atoms with Crippen molar-refractivity contribution in [2.24, 2.45) is 0 Å². The molecule has 3 aromatic rings. The summed E-state index contributed by atoms with van der Waals surface area (Å²) in [6, 6.07) is 9.93. The van der Waals surface area contributed by atoms with Crippen molar-refractivity contribution in [1.82, 2.24) is 15.0 Å². The molecule has 6 heteroatoms. The van der Waals surface area contributed by atoms with E-state index in [0.29, 0.717) is 29.5 Å². The molecule has 1 N–H and O–H groups in total. The SMILES string of the molecule is CCNc1nc(OCC)c2nc(-c3ccc(F)cc3)ccc2n1. The van der Waals surface area contributed by atoms with E-state index in [-0.39, 0.29) is 5.82 Å². The Morgan fingerprint density at radius 2 is 1.78 bits per heavy atom. The van der Waals surface area contributed by atoms with Crippen LogP contribution in [0.5, 0.6) is 5.88 Å². The summed E-state index contributed by atoms with van der Waals surface area (Å²) in [5.41, 5.74) is 2.84. The van der Waals surface area contributed by atoms with Gasteiger partial charge in [0.2, 0.25) is 11.8 Å². The zero-order valence-corrected chi connectivity index (χ0v) is 13.0. The van der Waals surface area contributed by atoms with Crippen molar-refractivity contribution in [1.29, 1.82) is 0 Å². The molecule has 0 bridgehead atoms. The highest BCUT2D eigenvalue weighted by atomic mass is 19.1. The van der Waals surface area contributed by atoms with Gasteiger partial charge in [0.15, 0.2) is 5.52 Å². The summed E-state index contributed by atoms with van der Waals surface area (Å²) >= 11 is 0. The summed E-state index contributed by atoms with van der Waals surface area (Å²) < 4.78 is 18.7. The second kappa shape index (κ2) is 6.56. The van der Waals surface area contributed by atoms with Crippen LogP contribution in [0.3, 0.4) is 0 Å². The van der Waals surface area contributed by atoms with Crippen LogP contribution in [0.15, 0.2) is 36.4 Å². The van der Waals surface area contributed by atoms with Gasteiger partial charge in [-0.2, -0.15) is 4.98 Å². The lowest BCUT2D eigenvalue weighted by molar-refractivity contribution is 0.330. The molecule has 23 heavy (non-hydrogen) atoms. The number of anilines is 1. The molecule has 0 saturated carbocycles. The monoisotopic (exact) mass is 312 g/mol. The van der Waals surface area contributed by atoms with E-state index < -0.39 is 0 Å². The van der Waals surface area contributed by atoms with Crippen molar-refractivity contribution in [2.45, 2.75) is 13.8 Å². The predicted molar refractivity (Wildman–Crippen MR) is 88.1 cm³/mol. The quantitative estimate of drug-likeness (QED) is 0.779. The van der Waals surface area contributed by atoms with E-state index in [2.05, 4.69) is 20.3 Å². The molecule has 1 aromatic carbocycles. The van der Waals surface area contributed by atoms with Gasteiger partial charge in [-0.15, -0.1) is 0 Å². The number of pyridine rings is 1. The van der Waals surface area contributed by atoms with Gasteiger partial charge >= 0.3 is 0 Å². The summed E-state index contributed by atoms with van der Waals surface area (Å²) in [6.45, 7) is 5.08. The number of fused-ring (bicyclic) bond motifs is 1. The maximum atomic E-state index is 13.1. The molecule has 0 saturated heterocycles. The molecule has 0 radical (unpaired) electrons. The van der Waals surface area contributed by atoms with Gasteiger partial charge in [-0.1, -0.05) is 0 Å². The third-order valence-corrected chi connectivity index (χ3v) is 3.27. The van der Waals surface area contributed by atoms with Gasteiger partial charge in [0.05, 0.1) is 17.8 Å². The standard InChI is InChI=1S/C17H17FN4O/c1-3-19-17-21-14-10-9-13(11-5-7-12(18)8-6-11)20-15(14)16(22-17)23-4-2/h5-10H,3-4H2,1-2H3,(H,19,21,22). The minimum atomic E-state index is -0.275. The number of rotatable bonds is 5. The van der Waals surface area contributed by atoms with Crippen LogP contribution < -0.4 is 10.1 Å². The molecule has 0 amide bonds. The largest absolute Gasteiger partial charge is 0.476 e. The molecule has 0 unspecified atom stereocenters. The average Bonchev–Trinajstić information content (AvgIpc) is 2.56. The van der Waals surface area contributed by atoms with Crippen LogP contribution in [0, 0.1) is 5.82 Å². The van der Waals surface area contributed by atoms with Crippen LogP contribution in [-0.2, 0) is 0 Å². The second-order valence-electron chi connectivity index (χ2n) is 4.89. The minimum Gasteiger partial charge on any atom is -0.476 e. The molecular formula is C17H17FN4O. The number of ether oxygens (including phenoxy) is 1. The summed E-state index contributed by atoms with van der Waals surface area (Å²) in [4.78, 5) is 13.4. The Hall–Kier alpha value is -2.76. The lowest BCUT2D eigenvalue weighted by Crippen LogP contribution is -2.06. The van der Waals surface area contributed by atoms with Gasteiger partial charge < -0.3 is 10.1 Å². The van der Waals surface area contributed by atoms with E-state index in [0.717, 1.165) is 17.8 Å². The third kappa shape index (κ3) is 3.21. The number of aromatic nitrogens is 3. The number of halogens is 1. The number of nitrogens with one attached hydrogen (secondary N) is 1. The number of hydrogen-bond acceptors (Lipinski definition) is 5. The Balaban J connectivity index is 2.12. The molecule has 2 heterocycles. The Bertz CT molecular complexity index is 821. The zero-order chi connectivity index (χ0) is 16.2. The molecule has 0 spiro atoms. The molecule has 5 nitrogen and oxygen atoms in total. The van der Waals surface area contributed by atoms with E-state index in [1.807, 2.05) is 26.0 Å². The van der Waals surface area contributed by atoms with Crippen molar-refractivity contribution >= 4 is 17.0 Å². The van der Waals surface area contributed by atoms with Gasteiger partial charge in [-0.3, -0.25) is 0 Å². The maximum absolute atomic E-state index is 13.1. The lowest BCUT2D eigenvalue weighted by atomic mass is 10.1. The van der Waals surface area contributed by atoms with Gasteiger partial charge in [-0.25, -0.2) is 14.4 Å². The summed E-state index contributed by atoms with van der Waals surface area (Å²) in [7, 11) is 0. The van der Waals surface area contributed by atoms with Gasteiger partial charge in [-0.05, 0) is 50.2 Å². The number of nitrogens with zero attached hydrogens (tertiary/aromatic N) is 3. The molecule has 2 aromatic heterocycles. The maximum Gasteiger partial charge on any atom is 0.245 e. The van der Waals surface area contributed by atoms with Crippen molar-refractivity contribution in [3.8, 4) is 17.1 Å². The predicted octanol–water partition coefficient (Wildman–Crippen LogP) is 3.66. The van der Waals surface area contributed by atoms with Crippen LogP contribution >= 0.6 is 0 Å². The van der Waals surface area contributed by atoms with E-state index >= 15 is 0 Å². The zero-order valence-electron chi connectivity index (χ0n) is 13.0. The number of benzene rings is 1. The molecule has 3 rings (SSSR count). The molecule has 0 fully saturated rings. The van der Waals surface area contributed by atoms with Crippen molar-refractivity contribution in [2.75, 3.05) is 18.5 Å². The minimum absolute atomic E-state index is 0.275. The molecule has 0 aliphatic carbocycles. The van der Waals surface area contributed by atoms with Crippen LogP contribution in [0.4, 0.5) is 10.3 Å². The molecule has 0 aliphatic rings. The van der Waals surface area contributed by atoms with Gasteiger partial charge in [0.1, 0.15) is 5.82 Å². The highest BCUT2D eigenvalue weighted by Crippen LogP contribution is 2.26. The topological polar surface area (TPSA) is 59.9 Å². The summed E-state index contributed by atoms with van der Waals surface area (Å²) in [5.74, 6) is 0.681. The Morgan fingerprint density at radius 1 is 1.00 bits per heavy atom. The highest BCUT2D eigenvalue weighted by molar-refractivity contribution is 5.83. The first-order valence-corrected chi connectivity index (χ1v) is 7.52. The Kier molecular flexibility index (Phi) is 4.32. The molecule has 0 aliphatic heterocycles. The second-order valence-corrected chi connectivity index (χ2v) is 4.89. The van der Waals surface area contributed by atoms with Gasteiger partial charge in [0.25, 0.3) is 0 Å². The average molecular weight is 312 g/mol. The fourth-order valence-electron chi connectivity index (χ4n) is 2.24. The van der Waals surface area contributed by atoms with Crippen molar-refractivity contribution < 1.29 is 9.13 Å².